The summed E-state index contributed by atoms with van der Waals surface area (Å²) in [5.41, 5.74) is 0. The molecule has 0 spiro atoms. The molecule has 3 heteroatoms. The van der Waals surface area contributed by atoms with Crippen LogP contribution in [-0.4, -0.2) is 36.6 Å². The topological polar surface area (TPSA) is 17.3 Å². The largest absolute Gasteiger partial charge is 1.00 e. The maximum absolute atomic E-state index is 4.88. The smallest absolute Gasteiger partial charge is 0.655 e. The van der Waals surface area contributed by atoms with Gasteiger partial charge in [-0.1, -0.05) is 25.2 Å². The van der Waals surface area contributed by atoms with Crippen molar-refractivity contribution in [3.63, 3.8) is 0 Å². The van der Waals surface area contributed by atoms with Gasteiger partial charge in [-0.3, -0.25) is 0 Å². The molecule has 3 fully saturated rings. The summed E-state index contributed by atoms with van der Waals surface area (Å²) in [6.45, 7) is 3.95. The zero-order valence-corrected chi connectivity index (χ0v) is 9.28. The van der Waals surface area contributed by atoms with Crippen molar-refractivity contribution in [1.29, 1.82) is 0 Å². The Balaban J connectivity index is 0.000000750. The molecule has 0 unspecified atom stereocenters. The van der Waals surface area contributed by atoms with Gasteiger partial charge in [-0.25, -0.2) is 0 Å². The quantitative estimate of drug-likeness (QED) is 0.506. The maximum atomic E-state index is 4.88. The molecule has 74 valence electrons. The Morgan fingerprint density at radius 2 is 1.93 bits per heavy atom. The van der Waals surface area contributed by atoms with Crippen LogP contribution in [0.2, 0.25) is 0 Å². The van der Waals surface area contributed by atoms with Gasteiger partial charge >= 0.3 is 18.9 Å². The summed E-state index contributed by atoms with van der Waals surface area (Å²) in [5, 5.41) is 4.88. The second kappa shape index (κ2) is 4.57. The van der Waals surface area contributed by atoms with E-state index < -0.39 is 0 Å². The molecule has 0 aromatic carbocycles. The first-order chi connectivity index (χ1) is 6.42. The maximum Gasteiger partial charge on any atom is 1.00 e. The van der Waals surface area contributed by atoms with Gasteiger partial charge in [-0.2, -0.15) is 0 Å². The van der Waals surface area contributed by atoms with E-state index in [1.54, 1.807) is 0 Å². The van der Waals surface area contributed by atoms with Crippen molar-refractivity contribution in [3.8, 4) is 0 Å². The minimum absolute atomic E-state index is 0. The van der Waals surface area contributed by atoms with Crippen LogP contribution in [0.15, 0.2) is 0 Å². The Morgan fingerprint density at radius 1 is 1.14 bits per heavy atom. The van der Waals surface area contributed by atoms with Gasteiger partial charge in [0, 0.05) is 0 Å². The van der Waals surface area contributed by atoms with Crippen LogP contribution in [0.25, 0.3) is 5.32 Å². The molecule has 3 atom stereocenters. The fraction of sp³-hybridized carbons (Fsp3) is 1.00. The van der Waals surface area contributed by atoms with Crippen molar-refractivity contribution in [2.75, 3.05) is 19.6 Å². The molecule has 1 aliphatic carbocycles. The van der Waals surface area contributed by atoms with E-state index in [0.29, 0.717) is 0 Å². The molecular weight excluding hydrogens is 167 g/mol. The number of hydrogen-bond donors (Lipinski definition) is 0. The van der Waals surface area contributed by atoms with Crippen molar-refractivity contribution >= 4 is 0 Å². The predicted molar refractivity (Wildman–Crippen MR) is 54.0 cm³/mol. The molecule has 2 saturated heterocycles. The summed E-state index contributed by atoms with van der Waals surface area (Å²) < 4.78 is 0. The standard InChI is InChI=1S/C11H19N2.Li/c1-2-6-13(5-1)8-11-9-3-4-10(7-9)12-11;/h9-11H,1-8H2;/q-1;+1/t9-,10+,11+;/m1./s1. The molecule has 1 saturated carbocycles. The second-order valence-electron chi connectivity index (χ2n) is 4.95. The van der Waals surface area contributed by atoms with Crippen LogP contribution in [0, 0.1) is 5.92 Å². The van der Waals surface area contributed by atoms with Crippen LogP contribution >= 0.6 is 0 Å². The van der Waals surface area contributed by atoms with E-state index in [2.05, 4.69) is 4.90 Å². The monoisotopic (exact) mass is 186 g/mol. The van der Waals surface area contributed by atoms with Gasteiger partial charge in [0.1, 0.15) is 0 Å². The molecule has 2 nitrogen and oxygen atoms in total. The average molecular weight is 186 g/mol. The summed E-state index contributed by atoms with van der Waals surface area (Å²) in [4.78, 5) is 2.62. The number of hydrogen-bond acceptors (Lipinski definition) is 1. The van der Waals surface area contributed by atoms with Gasteiger partial charge in [0.05, 0.1) is 0 Å². The normalized spacial score (nSPS) is 41.6. The van der Waals surface area contributed by atoms with Crippen molar-refractivity contribution in [2.45, 2.75) is 44.2 Å². The molecule has 2 aliphatic heterocycles. The fourth-order valence-corrected chi connectivity index (χ4v) is 3.29. The molecule has 0 N–H and O–H groups in total. The molecule has 2 heterocycles. The molecule has 3 rings (SSSR count). The Kier molecular flexibility index (Phi) is 3.60. The molecule has 0 amide bonds. The molecule has 3 aliphatic rings. The Morgan fingerprint density at radius 3 is 2.50 bits per heavy atom. The van der Waals surface area contributed by atoms with Gasteiger partial charge in [0.25, 0.3) is 0 Å². The zero-order valence-electron chi connectivity index (χ0n) is 9.28. The first-order valence-electron chi connectivity index (χ1n) is 5.84. The Hall–Kier alpha value is 0.517. The predicted octanol–water partition coefficient (Wildman–Crippen LogP) is -0.989. The van der Waals surface area contributed by atoms with E-state index >= 15 is 0 Å². The first-order valence-corrected chi connectivity index (χ1v) is 5.84. The molecule has 14 heavy (non-hydrogen) atoms. The van der Waals surface area contributed by atoms with Crippen LogP contribution in [0.5, 0.6) is 0 Å². The SMILES string of the molecule is C1CCN(C[C@@H]2[N-][C@H]3CC[C@@H]2C3)C1.[Li+]. The minimum Gasteiger partial charge on any atom is -0.655 e. The van der Waals surface area contributed by atoms with Crippen molar-refractivity contribution in [1.82, 2.24) is 4.90 Å². The van der Waals surface area contributed by atoms with Crippen LogP contribution in [-0.2, 0) is 0 Å². The third-order valence-corrected chi connectivity index (χ3v) is 4.04. The van der Waals surface area contributed by atoms with Crippen LogP contribution in [0.4, 0.5) is 0 Å². The number of piperidine rings is 1. The zero-order chi connectivity index (χ0) is 8.67. The van der Waals surface area contributed by atoms with Crippen molar-refractivity contribution in [3.05, 3.63) is 5.32 Å². The molecule has 0 aromatic heterocycles. The number of nitrogens with zero attached hydrogens (tertiary/aromatic N) is 2. The van der Waals surface area contributed by atoms with Gasteiger partial charge in [-0.15, -0.1) is 12.1 Å². The molecule has 0 radical (unpaired) electrons. The van der Waals surface area contributed by atoms with Gasteiger partial charge in [0.2, 0.25) is 0 Å². The summed E-state index contributed by atoms with van der Waals surface area (Å²) in [5.74, 6) is 0.964. The Labute approximate surface area is 99.0 Å². The fourth-order valence-electron chi connectivity index (χ4n) is 3.29. The van der Waals surface area contributed by atoms with E-state index in [1.807, 2.05) is 0 Å². The van der Waals surface area contributed by atoms with Crippen molar-refractivity contribution in [2.24, 2.45) is 5.92 Å². The summed E-state index contributed by atoms with van der Waals surface area (Å²) >= 11 is 0. The van der Waals surface area contributed by atoms with E-state index in [-0.39, 0.29) is 18.9 Å². The Bertz CT molecular complexity index is 192. The van der Waals surface area contributed by atoms with E-state index in [4.69, 9.17) is 5.32 Å². The molecular formula is C11H19LiN2. The van der Waals surface area contributed by atoms with E-state index in [1.165, 1.54) is 51.7 Å². The molecule has 2 bridgehead atoms. The van der Waals surface area contributed by atoms with Gasteiger partial charge in [-0.05, 0) is 32.5 Å². The number of fused-ring (bicyclic) bond motifs is 2. The van der Waals surface area contributed by atoms with Crippen LogP contribution in [0.1, 0.15) is 32.1 Å². The molecule has 0 aromatic rings. The summed E-state index contributed by atoms with van der Waals surface area (Å²) in [7, 11) is 0. The van der Waals surface area contributed by atoms with E-state index in [9.17, 15) is 0 Å². The van der Waals surface area contributed by atoms with Gasteiger partial charge in [0.15, 0.2) is 0 Å². The number of likely N-dealkylation sites (tertiary alicyclic amines) is 1. The first kappa shape index (κ1) is 11.0. The van der Waals surface area contributed by atoms with Crippen LogP contribution < -0.4 is 18.9 Å². The van der Waals surface area contributed by atoms with Gasteiger partial charge < -0.3 is 10.2 Å². The average Bonchev–Trinajstić information content (AvgIpc) is 2.77. The second-order valence-corrected chi connectivity index (χ2v) is 4.95. The summed E-state index contributed by atoms with van der Waals surface area (Å²) in [6.07, 6.45) is 7.11. The van der Waals surface area contributed by atoms with E-state index in [0.717, 1.165) is 18.0 Å². The van der Waals surface area contributed by atoms with Crippen LogP contribution in [0.3, 0.4) is 0 Å². The summed E-state index contributed by atoms with van der Waals surface area (Å²) in [6, 6.07) is 1.48. The number of rotatable bonds is 2. The third kappa shape index (κ3) is 2.04. The third-order valence-electron chi connectivity index (χ3n) is 4.04. The minimum atomic E-state index is 0. The van der Waals surface area contributed by atoms with Crippen molar-refractivity contribution < 1.29 is 18.9 Å².